The molecule has 0 saturated carbocycles. The molecule has 0 aromatic heterocycles. The lowest BCUT2D eigenvalue weighted by molar-refractivity contribution is -0.161. The summed E-state index contributed by atoms with van der Waals surface area (Å²) >= 11 is 0. The van der Waals surface area contributed by atoms with Gasteiger partial charge >= 0.3 is 39.5 Å². The van der Waals surface area contributed by atoms with Crippen molar-refractivity contribution in [2.75, 3.05) is 39.6 Å². The van der Waals surface area contributed by atoms with Crippen LogP contribution in [0.1, 0.15) is 325 Å². The van der Waals surface area contributed by atoms with E-state index in [1.807, 2.05) is 0 Å². The number of rotatable bonds is 64. The van der Waals surface area contributed by atoms with E-state index in [9.17, 15) is 43.2 Å². The molecule has 0 rings (SSSR count). The molecule has 3 N–H and O–H groups in total. The van der Waals surface area contributed by atoms with Gasteiger partial charge in [0.25, 0.3) is 0 Å². The highest BCUT2D eigenvalue weighted by molar-refractivity contribution is 7.47. The minimum Gasteiger partial charge on any atom is -0.462 e. The van der Waals surface area contributed by atoms with Gasteiger partial charge in [0, 0.05) is 25.7 Å². The Morgan fingerprint density at radius 3 is 0.721 bits per heavy atom. The van der Waals surface area contributed by atoms with E-state index in [0.717, 1.165) is 108 Å². The van der Waals surface area contributed by atoms with Crippen LogP contribution >= 0.6 is 15.6 Å². The van der Waals surface area contributed by atoms with E-state index in [0.29, 0.717) is 31.6 Å². The Kier molecular flexibility index (Phi) is 55.7. The van der Waals surface area contributed by atoms with Crippen LogP contribution in [0.5, 0.6) is 0 Å². The van der Waals surface area contributed by atoms with Gasteiger partial charge in [0.15, 0.2) is 12.2 Å². The zero-order valence-electron chi connectivity index (χ0n) is 55.9. The van der Waals surface area contributed by atoms with E-state index in [2.05, 4.69) is 55.4 Å². The van der Waals surface area contributed by atoms with E-state index >= 15 is 0 Å². The molecule has 0 aliphatic carbocycles. The summed E-state index contributed by atoms with van der Waals surface area (Å²) in [6.45, 7) is 14.0. The Balaban J connectivity index is 5.24. The summed E-state index contributed by atoms with van der Waals surface area (Å²) in [5.74, 6) is 0.767. The predicted octanol–water partition coefficient (Wildman–Crippen LogP) is 18.5. The molecular weight excluding hydrogens is 1140 g/mol. The molecule has 5 atom stereocenters. The van der Waals surface area contributed by atoms with Gasteiger partial charge in [-0.3, -0.25) is 37.3 Å². The SMILES string of the molecule is CC(C)CCCCCCCCCCCCCC(=O)O[C@H](COC(=O)CCCCCCCCCCCC(C)C)COP(=O)(O)OCC(O)COP(=O)(O)OC[C@@H](COC(=O)CCCCCCCCCCC(C)C)OC(=O)CCCCCCCCC(C)C. The van der Waals surface area contributed by atoms with E-state index in [4.69, 9.17) is 37.0 Å². The first-order chi connectivity index (χ1) is 41.1. The number of ether oxygens (including phenoxy) is 4. The quantitative estimate of drug-likeness (QED) is 0.0222. The summed E-state index contributed by atoms with van der Waals surface area (Å²) in [6.07, 6.45) is 37.8. The molecule has 0 aliphatic rings. The molecule has 17 nitrogen and oxygen atoms in total. The van der Waals surface area contributed by atoms with Gasteiger partial charge < -0.3 is 33.8 Å². The van der Waals surface area contributed by atoms with Crippen molar-refractivity contribution in [3.8, 4) is 0 Å². The lowest BCUT2D eigenvalue weighted by atomic mass is 10.0. The highest BCUT2D eigenvalue weighted by atomic mass is 31.2. The number of phosphoric acid groups is 2. The molecule has 0 radical (unpaired) electrons. The van der Waals surface area contributed by atoms with Gasteiger partial charge in [0.1, 0.15) is 19.3 Å². The van der Waals surface area contributed by atoms with Crippen LogP contribution in [0, 0.1) is 23.7 Å². The zero-order chi connectivity index (χ0) is 63.9. The van der Waals surface area contributed by atoms with Crippen LogP contribution in [0.4, 0.5) is 0 Å². The first-order valence-electron chi connectivity index (χ1n) is 34.7. The molecular formula is C67H130O17P2. The van der Waals surface area contributed by atoms with Gasteiger partial charge in [-0.05, 0) is 49.4 Å². The number of esters is 4. The number of aliphatic hydroxyl groups is 1. The molecule has 0 aliphatic heterocycles. The Morgan fingerprint density at radius 2 is 0.488 bits per heavy atom. The molecule has 0 heterocycles. The summed E-state index contributed by atoms with van der Waals surface area (Å²) in [4.78, 5) is 72.3. The second-order valence-corrected chi connectivity index (χ2v) is 29.0. The molecule has 86 heavy (non-hydrogen) atoms. The van der Waals surface area contributed by atoms with Crippen molar-refractivity contribution in [2.24, 2.45) is 23.7 Å². The summed E-state index contributed by atoms with van der Waals surface area (Å²) in [6, 6.07) is 0. The van der Waals surface area contributed by atoms with Crippen LogP contribution in [0.15, 0.2) is 0 Å². The fourth-order valence-electron chi connectivity index (χ4n) is 9.96. The average molecular weight is 1270 g/mol. The van der Waals surface area contributed by atoms with E-state index in [1.165, 1.54) is 128 Å². The van der Waals surface area contributed by atoms with Crippen molar-refractivity contribution in [1.82, 2.24) is 0 Å². The molecule has 0 bridgehead atoms. The number of phosphoric ester groups is 2. The third kappa shape index (κ3) is 60.9. The Bertz CT molecular complexity index is 1710. The second-order valence-electron chi connectivity index (χ2n) is 26.1. The Hall–Kier alpha value is -1.94. The third-order valence-corrected chi connectivity index (χ3v) is 17.2. The third-order valence-electron chi connectivity index (χ3n) is 15.3. The first kappa shape index (κ1) is 84.1. The van der Waals surface area contributed by atoms with Gasteiger partial charge in [-0.2, -0.15) is 0 Å². The van der Waals surface area contributed by atoms with Crippen molar-refractivity contribution in [3.05, 3.63) is 0 Å². The van der Waals surface area contributed by atoms with Gasteiger partial charge in [-0.25, -0.2) is 9.13 Å². The molecule has 510 valence electrons. The van der Waals surface area contributed by atoms with E-state index in [-0.39, 0.29) is 25.7 Å². The number of aliphatic hydroxyl groups excluding tert-OH is 1. The van der Waals surface area contributed by atoms with Crippen molar-refractivity contribution >= 4 is 39.5 Å². The maximum Gasteiger partial charge on any atom is 0.472 e. The lowest BCUT2D eigenvalue weighted by Crippen LogP contribution is -2.30. The van der Waals surface area contributed by atoms with Crippen molar-refractivity contribution in [3.63, 3.8) is 0 Å². The summed E-state index contributed by atoms with van der Waals surface area (Å²) in [7, 11) is -9.90. The van der Waals surface area contributed by atoms with Crippen LogP contribution in [0.25, 0.3) is 0 Å². The molecule has 0 spiro atoms. The lowest BCUT2D eigenvalue weighted by Gasteiger charge is -2.21. The monoisotopic (exact) mass is 1270 g/mol. The molecule has 19 heteroatoms. The maximum atomic E-state index is 13.0. The van der Waals surface area contributed by atoms with Crippen molar-refractivity contribution < 1.29 is 80.2 Å². The van der Waals surface area contributed by atoms with Crippen LogP contribution in [-0.4, -0.2) is 96.7 Å². The molecule has 0 saturated heterocycles. The smallest absolute Gasteiger partial charge is 0.462 e. The largest absolute Gasteiger partial charge is 0.472 e. The first-order valence-corrected chi connectivity index (χ1v) is 37.7. The highest BCUT2D eigenvalue weighted by Gasteiger charge is 2.30. The fraction of sp³-hybridized carbons (Fsp3) is 0.940. The van der Waals surface area contributed by atoms with E-state index < -0.39 is 97.5 Å². The van der Waals surface area contributed by atoms with Crippen LogP contribution in [0.2, 0.25) is 0 Å². The Labute approximate surface area is 524 Å². The van der Waals surface area contributed by atoms with Gasteiger partial charge in [-0.1, -0.05) is 274 Å². The maximum absolute atomic E-state index is 13.0. The second kappa shape index (κ2) is 57.0. The number of unbranched alkanes of at least 4 members (excludes halogenated alkanes) is 30. The van der Waals surface area contributed by atoms with Crippen molar-refractivity contribution in [2.45, 2.75) is 343 Å². The van der Waals surface area contributed by atoms with Gasteiger partial charge in [-0.15, -0.1) is 0 Å². The molecule has 0 amide bonds. The highest BCUT2D eigenvalue weighted by Crippen LogP contribution is 2.45. The number of hydrogen-bond donors (Lipinski definition) is 3. The summed E-state index contributed by atoms with van der Waals surface area (Å²) in [5.41, 5.74) is 0. The molecule has 0 fully saturated rings. The van der Waals surface area contributed by atoms with Gasteiger partial charge in [0.2, 0.25) is 0 Å². The van der Waals surface area contributed by atoms with Crippen LogP contribution in [-0.2, 0) is 65.4 Å². The molecule has 0 aromatic carbocycles. The van der Waals surface area contributed by atoms with Crippen molar-refractivity contribution in [1.29, 1.82) is 0 Å². The number of hydrogen-bond acceptors (Lipinski definition) is 15. The van der Waals surface area contributed by atoms with Crippen LogP contribution in [0.3, 0.4) is 0 Å². The standard InChI is InChI=1S/C67H130O17P2/c1-57(2)43-35-27-19-13-10-9-11-15-24-33-41-49-66(71)83-62(53-77-64(69)47-39-31-22-16-12-14-20-28-36-44-58(3)4)55-81-85(73,74)79-51-61(68)52-80-86(75,76)82-56-63(84-67(72)50-42-34-26-25-30-38-46-60(7)8)54-78-65(70)48-40-32-23-18-17-21-29-37-45-59(5)6/h57-63,68H,9-56H2,1-8H3,(H,73,74)(H,75,76)/t61?,62-,63-/m1/s1. The van der Waals surface area contributed by atoms with Gasteiger partial charge in [0.05, 0.1) is 26.4 Å². The summed E-state index contributed by atoms with van der Waals surface area (Å²) in [5, 5.41) is 10.6. The normalized spacial score (nSPS) is 14.4. The predicted molar refractivity (Wildman–Crippen MR) is 344 cm³/mol. The molecule has 3 unspecified atom stereocenters. The minimum absolute atomic E-state index is 0.101. The van der Waals surface area contributed by atoms with Crippen LogP contribution < -0.4 is 0 Å². The topological polar surface area (TPSA) is 237 Å². The minimum atomic E-state index is -4.95. The number of carbonyl (C=O) groups excluding carboxylic acids is 4. The summed E-state index contributed by atoms with van der Waals surface area (Å²) < 4.78 is 68.1. The zero-order valence-corrected chi connectivity index (χ0v) is 57.7. The number of carbonyl (C=O) groups is 4. The average Bonchev–Trinajstić information content (AvgIpc) is 3.65. The molecule has 0 aromatic rings. The Morgan fingerprint density at radius 1 is 0.291 bits per heavy atom. The fourth-order valence-corrected chi connectivity index (χ4v) is 11.5. The van der Waals surface area contributed by atoms with E-state index in [1.54, 1.807) is 0 Å².